The average molecular weight is 482 g/mol. The van der Waals surface area contributed by atoms with Gasteiger partial charge in [-0.3, -0.25) is 0 Å². The van der Waals surface area contributed by atoms with Crippen LogP contribution in [0, 0.1) is 0 Å². The van der Waals surface area contributed by atoms with Gasteiger partial charge in [0.2, 0.25) is 0 Å². The zero-order valence-electron chi connectivity index (χ0n) is 19.2. The fourth-order valence-corrected chi connectivity index (χ4v) is 4.66. The number of nitrogens with zero attached hydrogens (tertiary/aromatic N) is 2. The SMILES string of the molecule is COc1ccc(N2CCN[C@@H](CN(C)Cc3ccccc3)C2)cc1OC1CCCC1.Cl.Cl. The number of piperazine rings is 1. The van der Waals surface area contributed by atoms with Crippen LogP contribution < -0.4 is 19.7 Å². The van der Waals surface area contributed by atoms with Crippen LogP contribution in [0.2, 0.25) is 0 Å². The summed E-state index contributed by atoms with van der Waals surface area (Å²) in [5, 5.41) is 3.69. The monoisotopic (exact) mass is 481 g/mol. The number of halogens is 2. The molecular weight excluding hydrogens is 445 g/mol. The molecular formula is C25H37Cl2N3O2. The fraction of sp³-hybridized carbons (Fsp3) is 0.520. The lowest BCUT2D eigenvalue weighted by Crippen LogP contribution is -2.54. The molecule has 1 aliphatic heterocycles. The Labute approximate surface area is 205 Å². The highest BCUT2D eigenvalue weighted by molar-refractivity contribution is 5.85. The van der Waals surface area contributed by atoms with Crippen molar-refractivity contribution in [3.05, 3.63) is 54.1 Å². The van der Waals surface area contributed by atoms with E-state index in [4.69, 9.17) is 9.47 Å². The van der Waals surface area contributed by atoms with Gasteiger partial charge in [0.05, 0.1) is 13.2 Å². The van der Waals surface area contributed by atoms with E-state index in [0.717, 1.165) is 57.1 Å². The maximum atomic E-state index is 6.31. The van der Waals surface area contributed by atoms with E-state index in [1.165, 1.54) is 24.1 Å². The molecule has 5 nitrogen and oxygen atoms in total. The third-order valence-corrected chi connectivity index (χ3v) is 6.19. The highest BCUT2D eigenvalue weighted by atomic mass is 35.5. The summed E-state index contributed by atoms with van der Waals surface area (Å²) in [6.45, 7) is 4.99. The van der Waals surface area contributed by atoms with Crippen LogP contribution in [0.5, 0.6) is 11.5 Å². The second kappa shape index (κ2) is 13.1. The summed E-state index contributed by atoms with van der Waals surface area (Å²) in [4.78, 5) is 4.87. The third kappa shape index (κ3) is 7.17. The standard InChI is InChI=1S/C25H35N3O2.2ClH/c1-27(17-20-8-4-3-5-9-20)18-21-19-28(15-14-26-21)22-12-13-24(29-2)25(16-22)30-23-10-6-7-11-23;;/h3-5,8-9,12-13,16,21,23,26H,6-7,10-11,14-15,17-19H2,1-2H3;2*1H/t21-;;/m0../s1. The quantitative estimate of drug-likeness (QED) is 0.587. The second-order valence-corrected chi connectivity index (χ2v) is 8.64. The summed E-state index contributed by atoms with van der Waals surface area (Å²) in [7, 11) is 3.93. The molecule has 0 spiro atoms. The molecule has 1 atom stereocenters. The molecule has 0 bridgehead atoms. The van der Waals surface area contributed by atoms with Crippen molar-refractivity contribution in [2.75, 3.05) is 45.2 Å². The zero-order valence-corrected chi connectivity index (χ0v) is 20.8. The van der Waals surface area contributed by atoms with E-state index in [1.807, 2.05) is 0 Å². The minimum Gasteiger partial charge on any atom is -0.493 e. The van der Waals surface area contributed by atoms with Gasteiger partial charge in [0.1, 0.15) is 0 Å². The van der Waals surface area contributed by atoms with E-state index >= 15 is 0 Å². The number of ether oxygens (including phenoxy) is 2. The molecule has 1 saturated carbocycles. The Morgan fingerprint density at radius 3 is 2.50 bits per heavy atom. The molecule has 1 heterocycles. The number of hydrogen-bond donors (Lipinski definition) is 1. The van der Waals surface area contributed by atoms with Gasteiger partial charge in [0.15, 0.2) is 11.5 Å². The first-order valence-electron chi connectivity index (χ1n) is 11.3. The van der Waals surface area contributed by atoms with Gasteiger partial charge in [-0.25, -0.2) is 0 Å². The maximum Gasteiger partial charge on any atom is 0.163 e. The van der Waals surface area contributed by atoms with E-state index in [1.54, 1.807) is 7.11 Å². The Kier molecular flexibility index (Phi) is 10.9. The van der Waals surface area contributed by atoms with Crippen molar-refractivity contribution in [3.8, 4) is 11.5 Å². The van der Waals surface area contributed by atoms with Crippen molar-refractivity contribution in [1.29, 1.82) is 0 Å². The first kappa shape index (κ1) is 26.6. The summed E-state index contributed by atoms with van der Waals surface area (Å²) in [5.41, 5.74) is 2.58. The van der Waals surface area contributed by atoms with E-state index in [9.17, 15) is 0 Å². The minimum atomic E-state index is 0. The van der Waals surface area contributed by atoms with Gasteiger partial charge in [-0.05, 0) is 50.4 Å². The van der Waals surface area contributed by atoms with Crippen molar-refractivity contribution in [2.45, 2.75) is 44.4 Å². The Morgan fingerprint density at radius 1 is 1.03 bits per heavy atom. The molecule has 0 aromatic heterocycles. The van der Waals surface area contributed by atoms with Crippen molar-refractivity contribution in [3.63, 3.8) is 0 Å². The van der Waals surface area contributed by atoms with Gasteiger partial charge in [-0.2, -0.15) is 0 Å². The van der Waals surface area contributed by atoms with Crippen LogP contribution >= 0.6 is 24.8 Å². The molecule has 0 amide bonds. The van der Waals surface area contributed by atoms with Gasteiger partial charge >= 0.3 is 0 Å². The average Bonchev–Trinajstić information content (AvgIpc) is 3.27. The molecule has 32 heavy (non-hydrogen) atoms. The van der Waals surface area contributed by atoms with Gasteiger partial charge in [0.25, 0.3) is 0 Å². The fourth-order valence-electron chi connectivity index (χ4n) is 4.66. The van der Waals surface area contributed by atoms with Crippen LogP contribution in [-0.2, 0) is 6.54 Å². The molecule has 1 saturated heterocycles. The van der Waals surface area contributed by atoms with E-state index < -0.39 is 0 Å². The van der Waals surface area contributed by atoms with Crippen LogP contribution in [0.25, 0.3) is 0 Å². The minimum absolute atomic E-state index is 0. The molecule has 0 radical (unpaired) electrons. The summed E-state index contributed by atoms with van der Waals surface area (Å²) in [6, 6.07) is 17.5. The number of anilines is 1. The number of methoxy groups -OCH3 is 1. The summed E-state index contributed by atoms with van der Waals surface area (Å²) in [6.07, 6.45) is 5.16. The highest BCUT2D eigenvalue weighted by Crippen LogP contribution is 2.35. The van der Waals surface area contributed by atoms with Crippen molar-refractivity contribution < 1.29 is 9.47 Å². The number of likely N-dealkylation sites (N-methyl/N-ethyl adjacent to an activating group) is 1. The third-order valence-electron chi connectivity index (χ3n) is 6.19. The van der Waals surface area contributed by atoms with E-state index in [2.05, 4.69) is 70.7 Å². The molecule has 7 heteroatoms. The molecule has 178 valence electrons. The van der Waals surface area contributed by atoms with Gasteiger partial charge in [-0.1, -0.05) is 30.3 Å². The first-order chi connectivity index (χ1) is 14.7. The van der Waals surface area contributed by atoms with Crippen molar-refractivity contribution >= 4 is 30.5 Å². The van der Waals surface area contributed by atoms with Gasteiger partial charge < -0.3 is 24.6 Å². The topological polar surface area (TPSA) is 37.0 Å². The molecule has 2 aliphatic rings. The summed E-state index contributed by atoms with van der Waals surface area (Å²) >= 11 is 0. The van der Waals surface area contributed by atoms with Crippen LogP contribution in [0.15, 0.2) is 48.5 Å². The zero-order chi connectivity index (χ0) is 20.8. The Hall–Kier alpha value is -1.66. The molecule has 1 N–H and O–H groups in total. The van der Waals surface area contributed by atoms with Gasteiger partial charge in [0, 0.05) is 50.5 Å². The molecule has 4 rings (SSSR count). The smallest absolute Gasteiger partial charge is 0.163 e. The molecule has 2 aromatic rings. The maximum absolute atomic E-state index is 6.31. The lowest BCUT2D eigenvalue weighted by atomic mass is 10.1. The molecule has 0 unspecified atom stereocenters. The highest BCUT2D eigenvalue weighted by Gasteiger charge is 2.23. The van der Waals surface area contributed by atoms with Crippen molar-refractivity contribution in [2.24, 2.45) is 0 Å². The Morgan fingerprint density at radius 2 is 1.78 bits per heavy atom. The first-order valence-corrected chi connectivity index (χ1v) is 11.3. The van der Waals surface area contributed by atoms with Crippen LogP contribution in [0.4, 0.5) is 5.69 Å². The van der Waals surface area contributed by atoms with Crippen LogP contribution in [-0.4, -0.2) is 57.4 Å². The number of benzene rings is 2. The van der Waals surface area contributed by atoms with E-state index in [-0.39, 0.29) is 24.8 Å². The largest absolute Gasteiger partial charge is 0.493 e. The summed E-state index contributed by atoms with van der Waals surface area (Å²) in [5.74, 6) is 1.72. The normalized spacial score (nSPS) is 18.7. The Balaban J connectivity index is 0.00000181. The van der Waals surface area contributed by atoms with Crippen molar-refractivity contribution in [1.82, 2.24) is 10.2 Å². The lowest BCUT2D eigenvalue weighted by molar-refractivity contribution is 0.201. The Bertz CT molecular complexity index is 803. The number of nitrogens with one attached hydrogen (secondary N) is 1. The van der Waals surface area contributed by atoms with Crippen LogP contribution in [0.1, 0.15) is 31.2 Å². The van der Waals surface area contributed by atoms with Crippen LogP contribution in [0.3, 0.4) is 0 Å². The second-order valence-electron chi connectivity index (χ2n) is 8.64. The number of hydrogen-bond acceptors (Lipinski definition) is 5. The molecule has 1 aliphatic carbocycles. The predicted octanol–water partition coefficient (Wildman–Crippen LogP) is 4.77. The molecule has 2 aromatic carbocycles. The van der Waals surface area contributed by atoms with Gasteiger partial charge in [-0.15, -0.1) is 24.8 Å². The number of rotatable bonds is 8. The van der Waals surface area contributed by atoms with E-state index in [0.29, 0.717) is 12.1 Å². The molecule has 2 fully saturated rings. The predicted molar refractivity (Wildman–Crippen MR) is 137 cm³/mol. The summed E-state index contributed by atoms with van der Waals surface area (Å²) < 4.78 is 11.9. The lowest BCUT2D eigenvalue weighted by Gasteiger charge is -2.37.